The van der Waals surface area contributed by atoms with Gasteiger partial charge in [-0.2, -0.15) is 0 Å². The summed E-state index contributed by atoms with van der Waals surface area (Å²) in [5, 5.41) is 6.98. The maximum absolute atomic E-state index is 12.3. The van der Waals surface area contributed by atoms with Crippen molar-refractivity contribution >= 4 is 28.2 Å². The van der Waals surface area contributed by atoms with Crippen LogP contribution < -0.4 is 16.4 Å². The molecule has 0 saturated heterocycles. The molecule has 1 aromatic rings. The number of hydrogen-bond acceptors (Lipinski definition) is 5. The number of carbonyl (C=O) groups excluding carboxylic acids is 1. The lowest BCUT2D eigenvalue weighted by molar-refractivity contribution is 0.0937. The van der Waals surface area contributed by atoms with Gasteiger partial charge in [0.1, 0.15) is 10.7 Å². The van der Waals surface area contributed by atoms with Crippen LogP contribution in [-0.2, 0) is 0 Å². The molecule has 1 unspecified atom stereocenters. The number of nitrogens with one attached hydrogen (secondary N) is 2. The zero-order valence-corrected chi connectivity index (χ0v) is 13.1. The fourth-order valence-corrected chi connectivity index (χ4v) is 2.95. The SMILES string of the molecule is CCCNc1nc(N)c(C(=O)NC(CC)CC2CC2)s1. The Bertz CT molecular complexity index is 456. The highest BCUT2D eigenvalue weighted by Crippen LogP contribution is 2.34. The van der Waals surface area contributed by atoms with Crippen LogP contribution in [0.1, 0.15) is 55.6 Å². The summed E-state index contributed by atoms with van der Waals surface area (Å²) in [5.41, 5.74) is 5.84. The number of nitrogens with zero attached hydrogens (tertiary/aromatic N) is 1. The van der Waals surface area contributed by atoms with Crippen molar-refractivity contribution in [3.8, 4) is 0 Å². The minimum Gasteiger partial charge on any atom is -0.382 e. The van der Waals surface area contributed by atoms with E-state index >= 15 is 0 Å². The Morgan fingerprint density at radius 2 is 2.25 bits per heavy atom. The van der Waals surface area contributed by atoms with Gasteiger partial charge in [-0.05, 0) is 25.2 Å². The van der Waals surface area contributed by atoms with Crippen LogP contribution in [0.15, 0.2) is 0 Å². The summed E-state index contributed by atoms with van der Waals surface area (Å²) < 4.78 is 0. The van der Waals surface area contributed by atoms with E-state index in [9.17, 15) is 4.79 Å². The summed E-state index contributed by atoms with van der Waals surface area (Å²) >= 11 is 1.34. The Morgan fingerprint density at radius 1 is 1.50 bits per heavy atom. The van der Waals surface area contributed by atoms with Crippen molar-refractivity contribution in [1.82, 2.24) is 10.3 Å². The molecule has 0 radical (unpaired) electrons. The van der Waals surface area contributed by atoms with Gasteiger partial charge in [0.25, 0.3) is 5.91 Å². The Kier molecular flexibility index (Phi) is 5.23. The minimum absolute atomic E-state index is 0.0861. The number of rotatable bonds is 8. The molecule has 6 heteroatoms. The maximum atomic E-state index is 12.3. The molecular weight excluding hydrogens is 272 g/mol. The van der Waals surface area contributed by atoms with E-state index < -0.39 is 0 Å². The molecule has 1 aliphatic carbocycles. The van der Waals surface area contributed by atoms with Gasteiger partial charge in [-0.15, -0.1) is 0 Å². The van der Waals surface area contributed by atoms with Gasteiger partial charge >= 0.3 is 0 Å². The zero-order valence-electron chi connectivity index (χ0n) is 12.2. The number of aromatic nitrogens is 1. The summed E-state index contributed by atoms with van der Waals surface area (Å²) in [6, 6.07) is 0.253. The highest BCUT2D eigenvalue weighted by Gasteiger charge is 2.26. The summed E-state index contributed by atoms with van der Waals surface area (Å²) in [6.07, 6.45) is 5.67. The van der Waals surface area contributed by atoms with E-state index in [0.717, 1.165) is 36.9 Å². The molecular formula is C14H24N4OS. The zero-order chi connectivity index (χ0) is 14.5. The smallest absolute Gasteiger partial charge is 0.265 e. The van der Waals surface area contributed by atoms with Crippen LogP contribution in [0.2, 0.25) is 0 Å². The Labute approximate surface area is 124 Å². The van der Waals surface area contributed by atoms with Crippen LogP contribution in [0.3, 0.4) is 0 Å². The molecule has 0 bridgehead atoms. The average Bonchev–Trinajstić information content (AvgIpc) is 3.16. The van der Waals surface area contributed by atoms with E-state index in [1.165, 1.54) is 24.2 Å². The standard InChI is InChI=1S/C14H24N4OS/c1-3-7-16-14-18-12(15)11(20-14)13(19)17-10(4-2)8-9-5-6-9/h9-10H,3-8,15H2,1-2H3,(H,16,18)(H,17,19). The van der Waals surface area contributed by atoms with E-state index in [0.29, 0.717) is 10.7 Å². The molecule has 1 fully saturated rings. The second-order valence-electron chi connectivity index (χ2n) is 5.42. The Morgan fingerprint density at radius 3 is 2.85 bits per heavy atom. The van der Waals surface area contributed by atoms with E-state index in [4.69, 9.17) is 5.73 Å². The van der Waals surface area contributed by atoms with Gasteiger partial charge in [-0.25, -0.2) is 4.98 Å². The van der Waals surface area contributed by atoms with Gasteiger partial charge in [0.05, 0.1) is 0 Å². The molecule has 4 N–H and O–H groups in total. The van der Waals surface area contributed by atoms with Crippen LogP contribution >= 0.6 is 11.3 Å². The normalized spacial score (nSPS) is 15.9. The van der Waals surface area contributed by atoms with Gasteiger partial charge in [0.2, 0.25) is 0 Å². The first-order valence-electron chi connectivity index (χ1n) is 7.45. The van der Waals surface area contributed by atoms with Gasteiger partial charge < -0.3 is 16.4 Å². The molecule has 5 nitrogen and oxygen atoms in total. The van der Waals surface area contributed by atoms with Gasteiger partial charge in [0.15, 0.2) is 5.13 Å². The molecule has 0 aromatic carbocycles. The van der Waals surface area contributed by atoms with Crippen LogP contribution in [-0.4, -0.2) is 23.5 Å². The van der Waals surface area contributed by atoms with Crippen molar-refractivity contribution in [3.05, 3.63) is 4.88 Å². The van der Waals surface area contributed by atoms with Crippen molar-refractivity contribution in [2.24, 2.45) is 5.92 Å². The molecule has 1 aliphatic rings. The van der Waals surface area contributed by atoms with Crippen LogP contribution in [0.5, 0.6) is 0 Å². The second kappa shape index (κ2) is 6.92. The first-order chi connectivity index (χ1) is 9.63. The number of thiazole rings is 1. The average molecular weight is 296 g/mol. The topological polar surface area (TPSA) is 80.0 Å². The number of anilines is 2. The number of carbonyl (C=O) groups is 1. The van der Waals surface area contributed by atoms with Crippen LogP contribution in [0.25, 0.3) is 0 Å². The predicted octanol–water partition coefficient (Wildman–Crippen LogP) is 2.86. The monoisotopic (exact) mass is 296 g/mol. The summed E-state index contributed by atoms with van der Waals surface area (Å²) in [4.78, 5) is 17.0. The van der Waals surface area contributed by atoms with Crippen molar-refractivity contribution in [2.45, 2.75) is 52.0 Å². The third kappa shape index (κ3) is 4.10. The first-order valence-corrected chi connectivity index (χ1v) is 8.26. The van der Waals surface area contributed by atoms with E-state index in [1.807, 2.05) is 0 Å². The minimum atomic E-state index is -0.0861. The van der Waals surface area contributed by atoms with Gasteiger partial charge in [0, 0.05) is 12.6 Å². The van der Waals surface area contributed by atoms with Gasteiger partial charge in [-0.3, -0.25) is 4.79 Å². The molecule has 2 rings (SSSR count). The molecule has 112 valence electrons. The molecule has 1 amide bonds. The fraction of sp³-hybridized carbons (Fsp3) is 0.714. The summed E-state index contributed by atoms with van der Waals surface area (Å²) in [5.74, 6) is 1.05. The largest absolute Gasteiger partial charge is 0.382 e. The van der Waals surface area contributed by atoms with E-state index in [2.05, 4.69) is 29.5 Å². The molecule has 1 saturated carbocycles. The highest BCUT2D eigenvalue weighted by molar-refractivity contribution is 7.18. The molecule has 0 aliphatic heterocycles. The number of amides is 1. The highest BCUT2D eigenvalue weighted by atomic mass is 32.1. The molecule has 1 atom stereocenters. The van der Waals surface area contributed by atoms with Crippen LogP contribution in [0, 0.1) is 5.92 Å². The third-order valence-electron chi connectivity index (χ3n) is 3.53. The Hall–Kier alpha value is -1.30. The third-order valence-corrected chi connectivity index (χ3v) is 4.56. The van der Waals surface area contributed by atoms with E-state index in [1.54, 1.807) is 0 Å². The first kappa shape index (κ1) is 15.1. The van der Waals surface area contributed by atoms with Crippen LogP contribution in [0.4, 0.5) is 10.9 Å². The fourth-order valence-electron chi connectivity index (χ4n) is 2.14. The van der Waals surface area contributed by atoms with Gasteiger partial charge in [-0.1, -0.05) is 38.0 Å². The lowest BCUT2D eigenvalue weighted by atomic mass is 10.1. The van der Waals surface area contributed by atoms with Crippen molar-refractivity contribution in [2.75, 3.05) is 17.6 Å². The molecule has 1 aromatic heterocycles. The van der Waals surface area contributed by atoms with Crippen molar-refractivity contribution in [1.29, 1.82) is 0 Å². The lowest BCUT2D eigenvalue weighted by Gasteiger charge is -2.15. The maximum Gasteiger partial charge on any atom is 0.265 e. The second-order valence-corrected chi connectivity index (χ2v) is 6.42. The predicted molar refractivity (Wildman–Crippen MR) is 84.2 cm³/mol. The Balaban J connectivity index is 1.94. The number of hydrogen-bond donors (Lipinski definition) is 3. The molecule has 20 heavy (non-hydrogen) atoms. The summed E-state index contributed by atoms with van der Waals surface area (Å²) in [6.45, 7) is 5.03. The molecule has 1 heterocycles. The number of nitrogen functional groups attached to an aromatic ring is 1. The quantitative estimate of drug-likeness (QED) is 0.689. The number of nitrogens with two attached hydrogens (primary N) is 1. The van der Waals surface area contributed by atoms with Crippen molar-refractivity contribution in [3.63, 3.8) is 0 Å². The summed E-state index contributed by atoms with van der Waals surface area (Å²) in [7, 11) is 0. The molecule has 0 spiro atoms. The van der Waals surface area contributed by atoms with Crippen molar-refractivity contribution < 1.29 is 4.79 Å². The van der Waals surface area contributed by atoms with E-state index in [-0.39, 0.29) is 11.9 Å². The lowest BCUT2D eigenvalue weighted by Crippen LogP contribution is -2.34.